The van der Waals surface area contributed by atoms with E-state index in [1.54, 1.807) is 18.0 Å². The summed E-state index contributed by atoms with van der Waals surface area (Å²) in [4.78, 5) is 8.19. The largest absolute Gasteiger partial charge is 0.396 e. The number of nitrogens with two attached hydrogens (primary N) is 1. The first-order valence-corrected chi connectivity index (χ1v) is 5.84. The lowest BCUT2D eigenvalue weighted by atomic mass is 9.97. The van der Waals surface area contributed by atoms with Gasteiger partial charge in [0.2, 0.25) is 5.95 Å². The van der Waals surface area contributed by atoms with Crippen LogP contribution in [0.5, 0.6) is 0 Å². The lowest BCUT2D eigenvalue weighted by molar-refractivity contribution is 0.679. The summed E-state index contributed by atoms with van der Waals surface area (Å²) in [5.41, 5.74) is 7.67. The van der Waals surface area contributed by atoms with Crippen molar-refractivity contribution < 1.29 is 0 Å². The van der Waals surface area contributed by atoms with E-state index in [9.17, 15) is 0 Å². The third-order valence-corrected chi connectivity index (χ3v) is 2.79. The van der Waals surface area contributed by atoms with Crippen LogP contribution in [0.3, 0.4) is 0 Å². The van der Waals surface area contributed by atoms with Crippen molar-refractivity contribution in [3.8, 4) is 0 Å². The Kier molecular flexibility index (Phi) is 3.75. The molecule has 0 saturated carbocycles. The van der Waals surface area contributed by atoms with Crippen LogP contribution in [0.1, 0.15) is 32.1 Å². The highest BCUT2D eigenvalue weighted by molar-refractivity contribution is 5.35. The molecule has 0 spiro atoms. The Morgan fingerprint density at radius 3 is 2.75 bits per heavy atom. The highest BCUT2D eigenvalue weighted by Crippen LogP contribution is 2.19. The second-order valence-corrected chi connectivity index (χ2v) is 4.12. The molecule has 0 atom stereocenters. The number of nitrogen functional groups attached to an aromatic ring is 1. The molecule has 0 bridgehead atoms. The molecular formula is C12H18N4. The Morgan fingerprint density at radius 1 is 1.25 bits per heavy atom. The van der Waals surface area contributed by atoms with Crippen molar-refractivity contribution in [3.05, 3.63) is 24.0 Å². The topological polar surface area (TPSA) is 63.8 Å². The van der Waals surface area contributed by atoms with Crippen molar-refractivity contribution in [1.82, 2.24) is 9.97 Å². The fourth-order valence-corrected chi connectivity index (χ4v) is 1.90. The van der Waals surface area contributed by atoms with Crippen molar-refractivity contribution in [1.29, 1.82) is 0 Å². The summed E-state index contributed by atoms with van der Waals surface area (Å²) < 4.78 is 0. The summed E-state index contributed by atoms with van der Waals surface area (Å²) in [6.07, 6.45) is 11.9. The number of anilines is 2. The van der Waals surface area contributed by atoms with Crippen LogP contribution >= 0.6 is 0 Å². The van der Waals surface area contributed by atoms with Crippen LogP contribution in [0.15, 0.2) is 24.0 Å². The summed E-state index contributed by atoms with van der Waals surface area (Å²) in [5, 5.41) is 3.20. The number of aromatic nitrogens is 2. The second kappa shape index (κ2) is 5.49. The van der Waals surface area contributed by atoms with E-state index in [-0.39, 0.29) is 0 Å². The SMILES string of the molecule is Nc1cnc(NCCC2=CCCCC2)nc1. The van der Waals surface area contributed by atoms with Gasteiger partial charge in [0.25, 0.3) is 0 Å². The summed E-state index contributed by atoms with van der Waals surface area (Å²) in [5.74, 6) is 0.658. The minimum atomic E-state index is 0.598. The smallest absolute Gasteiger partial charge is 0.222 e. The Hall–Kier alpha value is -1.58. The van der Waals surface area contributed by atoms with Gasteiger partial charge in [0.05, 0.1) is 18.1 Å². The molecule has 0 aliphatic heterocycles. The van der Waals surface area contributed by atoms with Crippen molar-refractivity contribution in [2.75, 3.05) is 17.6 Å². The van der Waals surface area contributed by atoms with E-state index in [1.165, 1.54) is 25.7 Å². The minimum Gasteiger partial charge on any atom is -0.396 e. The normalized spacial score (nSPS) is 15.6. The highest BCUT2D eigenvalue weighted by atomic mass is 15.1. The van der Waals surface area contributed by atoms with Gasteiger partial charge in [0, 0.05) is 6.54 Å². The van der Waals surface area contributed by atoms with Crippen LogP contribution < -0.4 is 11.1 Å². The van der Waals surface area contributed by atoms with Gasteiger partial charge in [0.1, 0.15) is 0 Å². The molecule has 0 radical (unpaired) electrons. The molecule has 86 valence electrons. The molecule has 1 heterocycles. The lowest BCUT2D eigenvalue weighted by Gasteiger charge is -2.12. The molecule has 0 amide bonds. The maximum atomic E-state index is 5.51. The van der Waals surface area contributed by atoms with E-state index in [1.807, 2.05) is 0 Å². The molecule has 0 aromatic carbocycles. The number of nitrogens with zero attached hydrogens (tertiary/aromatic N) is 2. The monoisotopic (exact) mass is 218 g/mol. The van der Waals surface area contributed by atoms with Crippen LogP contribution in [0.25, 0.3) is 0 Å². The molecule has 1 aliphatic rings. The fraction of sp³-hybridized carbons (Fsp3) is 0.500. The van der Waals surface area contributed by atoms with Gasteiger partial charge in [-0.2, -0.15) is 0 Å². The Bertz CT molecular complexity index is 356. The molecule has 0 fully saturated rings. The number of hydrogen-bond donors (Lipinski definition) is 2. The first-order valence-electron chi connectivity index (χ1n) is 5.84. The maximum Gasteiger partial charge on any atom is 0.222 e. The standard InChI is InChI=1S/C12H18N4/c13-11-8-15-12(16-9-11)14-7-6-10-4-2-1-3-5-10/h4,8-9H,1-3,5-7,13H2,(H,14,15,16). The van der Waals surface area contributed by atoms with E-state index in [0.717, 1.165) is 13.0 Å². The number of nitrogens with one attached hydrogen (secondary N) is 1. The zero-order chi connectivity index (χ0) is 11.2. The van der Waals surface area contributed by atoms with Crippen LogP contribution in [0.4, 0.5) is 11.6 Å². The fourth-order valence-electron chi connectivity index (χ4n) is 1.90. The van der Waals surface area contributed by atoms with Crippen LogP contribution in [-0.2, 0) is 0 Å². The molecule has 1 aromatic heterocycles. The van der Waals surface area contributed by atoms with Gasteiger partial charge in [-0.1, -0.05) is 11.6 Å². The quantitative estimate of drug-likeness (QED) is 0.761. The van der Waals surface area contributed by atoms with E-state index < -0.39 is 0 Å². The van der Waals surface area contributed by atoms with Crippen LogP contribution in [-0.4, -0.2) is 16.5 Å². The zero-order valence-electron chi connectivity index (χ0n) is 9.45. The zero-order valence-corrected chi connectivity index (χ0v) is 9.45. The maximum absolute atomic E-state index is 5.51. The molecule has 16 heavy (non-hydrogen) atoms. The number of rotatable bonds is 4. The minimum absolute atomic E-state index is 0.598. The average Bonchev–Trinajstić information content (AvgIpc) is 2.33. The van der Waals surface area contributed by atoms with Crippen molar-refractivity contribution in [3.63, 3.8) is 0 Å². The number of hydrogen-bond acceptors (Lipinski definition) is 4. The molecule has 2 rings (SSSR count). The van der Waals surface area contributed by atoms with Crippen molar-refractivity contribution in [2.24, 2.45) is 0 Å². The van der Waals surface area contributed by atoms with Gasteiger partial charge in [-0.05, 0) is 32.1 Å². The third-order valence-electron chi connectivity index (χ3n) is 2.79. The Morgan fingerprint density at radius 2 is 2.06 bits per heavy atom. The van der Waals surface area contributed by atoms with Gasteiger partial charge in [-0.25, -0.2) is 9.97 Å². The molecule has 3 N–H and O–H groups in total. The summed E-state index contributed by atoms with van der Waals surface area (Å²) >= 11 is 0. The Labute approximate surface area is 96.0 Å². The predicted octanol–water partition coefficient (Wildman–Crippen LogP) is 2.36. The molecule has 0 saturated heterocycles. The van der Waals surface area contributed by atoms with Gasteiger partial charge in [0.15, 0.2) is 0 Å². The van der Waals surface area contributed by atoms with Crippen LogP contribution in [0, 0.1) is 0 Å². The predicted molar refractivity (Wildman–Crippen MR) is 66.1 cm³/mol. The second-order valence-electron chi connectivity index (χ2n) is 4.12. The number of allylic oxidation sites excluding steroid dienone is 1. The first-order chi connectivity index (χ1) is 7.84. The van der Waals surface area contributed by atoms with Gasteiger partial charge >= 0.3 is 0 Å². The first kappa shape index (κ1) is 10.9. The molecular weight excluding hydrogens is 200 g/mol. The molecule has 0 unspecified atom stereocenters. The molecule has 4 nitrogen and oxygen atoms in total. The third kappa shape index (κ3) is 3.22. The van der Waals surface area contributed by atoms with Gasteiger partial charge in [-0.15, -0.1) is 0 Å². The summed E-state index contributed by atoms with van der Waals surface area (Å²) in [6.45, 7) is 0.899. The summed E-state index contributed by atoms with van der Waals surface area (Å²) in [7, 11) is 0. The van der Waals surface area contributed by atoms with Gasteiger partial charge in [-0.3, -0.25) is 0 Å². The molecule has 4 heteroatoms. The van der Waals surface area contributed by atoms with E-state index in [4.69, 9.17) is 5.73 Å². The van der Waals surface area contributed by atoms with E-state index in [0.29, 0.717) is 11.6 Å². The van der Waals surface area contributed by atoms with E-state index >= 15 is 0 Å². The van der Waals surface area contributed by atoms with Crippen molar-refractivity contribution >= 4 is 11.6 Å². The van der Waals surface area contributed by atoms with E-state index in [2.05, 4.69) is 21.4 Å². The van der Waals surface area contributed by atoms with Gasteiger partial charge < -0.3 is 11.1 Å². The van der Waals surface area contributed by atoms with Crippen LogP contribution in [0.2, 0.25) is 0 Å². The van der Waals surface area contributed by atoms with Crippen molar-refractivity contribution in [2.45, 2.75) is 32.1 Å². The average molecular weight is 218 g/mol. The molecule has 1 aliphatic carbocycles. The summed E-state index contributed by atoms with van der Waals surface area (Å²) in [6, 6.07) is 0. The molecule has 1 aromatic rings. The Balaban J connectivity index is 1.75. The highest BCUT2D eigenvalue weighted by Gasteiger charge is 2.03. The lowest BCUT2D eigenvalue weighted by Crippen LogP contribution is -2.07.